The molecular formula is C18H24N4O3S. The highest BCUT2D eigenvalue weighted by Crippen LogP contribution is 2.23. The minimum atomic E-state index is -3.39. The summed E-state index contributed by atoms with van der Waals surface area (Å²) in [6.07, 6.45) is 1.01. The molecule has 1 amide bonds. The molecule has 2 aromatic rings. The number of nitrogens with one attached hydrogen (secondary N) is 1. The number of carbonyl (C=O) groups excluding carboxylic acids is 1. The highest BCUT2D eigenvalue weighted by molar-refractivity contribution is 7.88. The van der Waals surface area contributed by atoms with Crippen LogP contribution in [0.2, 0.25) is 0 Å². The molecule has 2 heterocycles. The van der Waals surface area contributed by atoms with Crippen molar-refractivity contribution in [2.24, 2.45) is 7.05 Å². The summed E-state index contributed by atoms with van der Waals surface area (Å²) in [5, 5.41) is 2.82. The van der Waals surface area contributed by atoms with Crippen LogP contribution in [0.5, 0.6) is 0 Å². The number of carbonyl (C=O) groups is 1. The Bertz CT molecular complexity index is 891. The molecule has 0 saturated heterocycles. The molecule has 1 N–H and O–H groups in total. The summed E-state index contributed by atoms with van der Waals surface area (Å²) in [5.74, 6) is 0.720. The quantitative estimate of drug-likeness (QED) is 0.824. The zero-order chi connectivity index (χ0) is 18.7. The Kier molecular flexibility index (Phi) is 5.43. The Morgan fingerprint density at radius 3 is 2.69 bits per heavy atom. The molecule has 7 nitrogen and oxygen atoms in total. The normalized spacial score (nSPS) is 14.8. The van der Waals surface area contributed by atoms with Gasteiger partial charge in [-0.2, -0.15) is 4.31 Å². The third-order valence-electron chi connectivity index (χ3n) is 4.66. The van der Waals surface area contributed by atoms with Crippen LogP contribution < -0.4 is 5.32 Å². The summed E-state index contributed by atoms with van der Waals surface area (Å²) >= 11 is 0. The zero-order valence-electron chi connectivity index (χ0n) is 15.1. The van der Waals surface area contributed by atoms with E-state index < -0.39 is 10.0 Å². The van der Waals surface area contributed by atoms with E-state index in [0.29, 0.717) is 32.5 Å². The van der Waals surface area contributed by atoms with Crippen molar-refractivity contribution >= 4 is 15.9 Å². The molecule has 1 aliphatic heterocycles. The zero-order valence-corrected chi connectivity index (χ0v) is 15.9. The summed E-state index contributed by atoms with van der Waals surface area (Å²) in [6, 6.07) is 9.21. The molecule has 0 saturated carbocycles. The van der Waals surface area contributed by atoms with Gasteiger partial charge >= 0.3 is 0 Å². The smallest absolute Gasteiger partial charge is 0.220 e. The lowest BCUT2D eigenvalue weighted by molar-refractivity contribution is -0.120. The molecule has 1 aromatic heterocycles. The number of nitrogens with zero attached hydrogens (tertiary/aromatic N) is 3. The lowest BCUT2D eigenvalue weighted by Gasteiger charge is -2.26. The van der Waals surface area contributed by atoms with E-state index in [1.54, 1.807) is 6.92 Å². The third kappa shape index (κ3) is 3.96. The van der Waals surface area contributed by atoms with E-state index in [1.165, 1.54) is 4.31 Å². The summed E-state index contributed by atoms with van der Waals surface area (Å²) < 4.78 is 29.0. The molecular weight excluding hydrogens is 352 g/mol. The number of benzene rings is 1. The van der Waals surface area contributed by atoms with Crippen LogP contribution in [0, 0.1) is 0 Å². The predicted octanol–water partition coefficient (Wildman–Crippen LogP) is 1.33. The largest absolute Gasteiger partial charge is 0.349 e. The predicted molar refractivity (Wildman–Crippen MR) is 98.5 cm³/mol. The molecule has 3 rings (SSSR count). The van der Waals surface area contributed by atoms with Gasteiger partial charge in [-0.1, -0.05) is 37.3 Å². The number of sulfonamides is 1. The van der Waals surface area contributed by atoms with Crippen LogP contribution in [0.4, 0.5) is 0 Å². The van der Waals surface area contributed by atoms with Gasteiger partial charge < -0.3 is 9.88 Å². The van der Waals surface area contributed by atoms with Gasteiger partial charge in [0.05, 0.1) is 30.2 Å². The van der Waals surface area contributed by atoms with Crippen molar-refractivity contribution in [3.63, 3.8) is 0 Å². The number of fused-ring (bicyclic) bond motifs is 1. The fraction of sp³-hybridized carbons (Fsp3) is 0.444. The number of imidazole rings is 1. The first-order valence-corrected chi connectivity index (χ1v) is 10.3. The van der Waals surface area contributed by atoms with Gasteiger partial charge in [0.2, 0.25) is 15.9 Å². The molecule has 0 spiro atoms. The van der Waals surface area contributed by atoms with Gasteiger partial charge in [-0.3, -0.25) is 4.79 Å². The van der Waals surface area contributed by atoms with E-state index in [9.17, 15) is 13.2 Å². The van der Waals surface area contributed by atoms with E-state index in [2.05, 4.69) is 10.3 Å². The number of amides is 1. The van der Waals surface area contributed by atoms with Crippen LogP contribution in [0.25, 0.3) is 0 Å². The molecule has 140 valence electrons. The maximum Gasteiger partial charge on any atom is 0.220 e. The Labute approximate surface area is 154 Å². The van der Waals surface area contributed by atoms with Crippen molar-refractivity contribution in [2.75, 3.05) is 6.54 Å². The van der Waals surface area contributed by atoms with E-state index in [0.717, 1.165) is 22.8 Å². The number of rotatable bonds is 6. The van der Waals surface area contributed by atoms with E-state index in [-0.39, 0.29) is 11.7 Å². The second-order valence-corrected chi connectivity index (χ2v) is 8.40. The fourth-order valence-corrected chi connectivity index (χ4v) is 4.58. The van der Waals surface area contributed by atoms with Gasteiger partial charge in [0, 0.05) is 26.4 Å². The van der Waals surface area contributed by atoms with Gasteiger partial charge in [-0.05, 0) is 5.56 Å². The molecule has 0 aliphatic carbocycles. The molecule has 0 atom stereocenters. The van der Waals surface area contributed by atoms with Gasteiger partial charge in [-0.15, -0.1) is 0 Å². The summed E-state index contributed by atoms with van der Waals surface area (Å²) in [6.45, 7) is 2.90. The minimum absolute atomic E-state index is 0.000436. The van der Waals surface area contributed by atoms with Crippen molar-refractivity contribution < 1.29 is 13.2 Å². The van der Waals surface area contributed by atoms with E-state index in [4.69, 9.17) is 0 Å². The SMILES string of the molecule is CCC(=O)NCc1nc2c(n1C)CN(S(=O)(=O)Cc1ccccc1)CC2. The van der Waals surface area contributed by atoms with E-state index >= 15 is 0 Å². The van der Waals surface area contributed by atoms with E-state index in [1.807, 2.05) is 41.9 Å². The van der Waals surface area contributed by atoms with Gasteiger partial charge in [0.25, 0.3) is 0 Å². The highest BCUT2D eigenvalue weighted by Gasteiger charge is 2.30. The molecule has 26 heavy (non-hydrogen) atoms. The van der Waals surface area contributed by atoms with Gasteiger partial charge in [0.15, 0.2) is 0 Å². The monoisotopic (exact) mass is 376 g/mol. The number of aromatic nitrogens is 2. The molecule has 8 heteroatoms. The first-order chi connectivity index (χ1) is 12.4. The Balaban J connectivity index is 1.74. The van der Waals surface area contributed by atoms with Crippen LogP contribution in [0.3, 0.4) is 0 Å². The number of hydrogen-bond acceptors (Lipinski definition) is 4. The van der Waals surface area contributed by atoms with Crippen LogP contribution in [-0.4, -0.2) is 34.7 Å². The van der Waals surface area contributed by atoms with Crippen molar-refractivity contribution in [1.82, 2.24) is 19.2 Å². The second kappa shape index (κ2) is 7.59. The average Bonchev–Trinajstić information content (AvgIpc) is 2.95. The Morgan fingerprint density at radius 1 is 1.27 bits per heavy atom. The van der Waals surface area contributed by atoms with Crippen molar-refractivity contribution in [3.8, 4) is 0 Å². The van der Waals surface area contributed by atoms with Gasteiger partial charge in [0.1, 0.15) is 5.82 Å². The lowest BCUT2D eigenvalue weighted by atomic mass is 10.2. The summed E-state index contributed by atoms with van der Waals surface area (Å²) in [7, 11) is -1.53. The average molecular weight is 376 g/mol. The Hall–Kier alpha value is -2.19. The minimum Gasteiger partial charge on any atom is -0.349 e. The van der Waals surface area contributed by atoms with Crippen LogP contribution >= 0.6 is 0 Å². The molecule has 0 unspecified atom stereocenters. The molecule has 0 fully saturated rings. The first-order valence-electron chi connectivity index (χ1n) is 8.72. The topological polar surface area (TPSA) is 84.3 Å². The Morgan fingerprint density at radius 2 is 2.00 bits per heavy atom. The molecule has 0 bridgehead atoms. The van der Waals surface area contributed by atoms with Gasteiger partial charge in [-0.25, -0.2) is 13.4 Å². The van der Waals surface area contributed by atoms with Crippen LogP contribution in [0.1, 0.15) is 36.1 Å². The lowest BCUT2D eigenvalue weighted by Crippen LogP contribution is -2.37. The van der Waals surface area contributed by atoms with Crippen molar-refractivity contribution in [2.45, 2.75) is 38.6 Å². The fourth-order valence-electron chi connectivity index (χ4n) is 3.09. The van der Waals surface area contributed by atoms with Crippen LogP contribution in [0.15, 0.2) is 30.3 Å². The first kappa shape index (κ1) is 18.6. The summed E-state index contributed by atoms with van der Waals surface area (Å²) in [4.78, 5) is 16.0. The second-order valence-electron chi connectivity index (χ2n) is 6.44. The molecule has 1 aromatic carbocycles. The van der Waals surface area contributed by atoms with Crippen LogP contribution in [-0.2, 0) is 47.1 Å². The third-order valence-corrected chi connectivity index (χ3v) is 6.46. The maximum atomic E-state index is 12.8. The van der Waals surface area contributed by atoms with Crippen molar-refractivity contribution in [1.29, 1.82) is 0 Å². The number of hydrogen-bond donors (Lipinski definition) is 1. The standard InChI is InChI=1S/C18H24N4O3S/c1-3-18(23)19-11-17-20-15-9-10-22(12-16(15)21(17)2)26(24,25)13-14-7-5-4-6-8-14/h4-8H,3,9-13H2,1-2H3,(H,19,23). The highest BCUT2D eigenvalue weighted by atomic mass is 32.2. The summed E-state index contributed by atoms with van der Waals surface area (Å²) in [5.41, 5.74) is 2.60. The maximum absolute atomic E-state index is 12.8. The molecule has 0 radical (unpaired) electrons. The molecule has 1 aliphatic rings. The van der Waals surface area contributed by atoms with Crippen molar-refractivity contribution in [3.05, 3.63) is 53.1 Å².